The number of rotatable bonds is 8. The number of pyridine rings is 1. The number of aryl methyl sites for hydroxylation is 1. The van der Waals surface area contributed by atoms with Gasteiger partial charge in [0.1, 0.15) is 5.75 Å². The Hall–Kier alpha value is -2.81. The van der Waals surface area contributed by atoms with Crippen molar-refractivity contribution in [2.75, 3.05) is 18.9 Å². The normalized spacial score (nSPS) is 15.8. The van der Waals surface area contributed by atoms with E-state index in [1.54, 1.807) is 7.05 Å². The second-order valence-electron chi connectivity index (χ2n) is 8.09. The third-order valence-corrected chi connectivity index (χ3v) is 5.25. The van der Waals surface area contributed by atoms with Crippen LogP contribution in [-0.4, -0.2) is 39.8 Å². The molecule has 0 aliphatic heterocycles. The molecule has 164 valence electrons. The van der Waals surface area contributed by atoms with E-state index < -0.39 is 0 Å². The van der Waals surface area contributed by atoms with E-state index >= 15 is 0 Å². The average Bonchev–Trinajstić information content (AvgIpc) is 3.19. The minimum absolute atomic E-state index is 0.159. The maximum atomic E-state index is 6.41. The second kappa shape index (κ2) is 9.80. The highest BCUT2D eigenvalue weighted by atomic mass is 16.5. The van der Waals surface area contributed by atoms with Gasteiger partial charge < -0.3 is 25.3 Å². The summed E-state index contributed by atoms with van der Waals surface area (Å²) in [7, 11) is 1.73. The quantitative estimate of drug-likeness (QED) is 0.440. The van der Waals surface area contributed by atoms with Crippen molar-refractivity contribution in [3.8, 4) is 5.75 Å². The monoisotopic (exact) mass is 415 g/mol. The van der Waals surface area contributed by atoms with Gasteiger partial charge in [0.15, 0.2) is 0 Å². The topological polar surface area (TPSA) is 128 Å². The van der Waals surface area contributed by atoms with E-state index in [0.29, 0.717) is 35.5 Å². The molecule has 1 fully saturated rings. The summed E-state index contributed by atoms with van der Waals surface area (Å²) in [5, 5.41) is 8.50. The lowest BCUT2D eigenvalue weighted by Crippen LogP contribution is -2.32. The zero-order valence-corrected chi connectivity index (χ0v) is 18.3. The molecule has 5 N–H and O–H groups in total. The van der Waals surface area contributed by atoms with Gasteiger partial charge in [-0.25, -0.2) is 10.8 Å². The predicted octanol–water partition coefficient (Wildman–Crippen LogP) is 3.15. The van der Waals surface area contributed by atoms with Crippen molar-refractivity contribution in [2.24, 2.45) is 11.6 Å². The van der Waals surface area contributed by atoms with E-state index in [1.807, 2.05) is 32.9 Å². The molecule has 1 aliphatic carbocycles. The standard InChI is InChI=1S/C21H33N7O2/c1-13(2)20-26-21(27-30-20)24-12-17(28(4)23)19(22)16-10-11-18(14(3)25-16)29-15-8-6-5-7-9-15/h10-11,13,15H,5-9,12,22-23H2,1-4H3,(H,24,27)/b19-17-. The van der Waals surface area contributed by atoms with Crippen molar-refractivity contribution >= 4 is 11.6 Å². The molecule has 0 radical (unpaired) electrons. The SMILES string of the molecule is Cc1nc(/C(N)=C(\CNc2noc(C(C)C)n2)N(C)N)ccc1OC1CCCCC1. The molecule has 0 atom stereocenters. The molecule has 1 saturated carbocycles. The Bertz CT molecular complexity index is 870. The summed E-state index contributed by atoms with van der Waals surface area (Å²) in [6.07, 6.45) is 6.23. The maximum absolute atomic E-state index is 6.41. The number of likely N-dealkylation sites (N-methyl/N-ethyl adjacent to an activating group) is 1. The maximum Gasteiger partial charge on any atom is 0.263 e. The number of nitrogens with zero attached hydrogens (tertiary/aromatic N) is 4. The van der Waals surface area contributed by atoms with Gasteiger partial charge in [-0.1, -0.05) is 20.3 Å². The number of hydrogen-bond donors (Lipinski definition) is 3. The number of hydrazine groups is 1. The van der Waals surface area contributed by atoms with Crippen LogP contribution in [0.4, 0.5) is 5.95 Å². The Morgan fingerprint density at radius 2 is 2.00 bits per heavy atom. The lowest BCUT2D eigenvalue weighted by atomic mass is 9.98. The Kier molecular flexibility index (Phi) is 7.15. The van der Waals surface area contributed by atoms with E-state index in [0.717, 1.165) is 24.3 Å². The second-order valence-corrected chi connectivity index (χ2v) is 8.09. The molecule has 0 bridgehead atoms. The molecular formula is C21H33N7O2. The highest BCUT2D eigenvalue weighted by Gasteiger charge is 2.18. The number of hydrogen-bond acceptors (Lipinski definition) is 9. The Balaban J connectivity index is 1.73. The van der Waals surface area contributed by atoms with Crippen LogP contribution in [0.3, 0.4) is 0 Å². The fourth-order valence-corrected chi connectivity index (χ4v) is 3.45. The van der Waals surface area contributed by atoms with Gasteiger partial charge in [-0.2, -0.15) is 4.98 Å². The predicted molar refractivity (Wildman–Crippen MR) is 116 cm³/mol. The van der Waals surface area contributed by atoms with Crippen LogP contribution in [0, 0.1) is 6.92 Å². The summed E-state index contributed by atoms with van der Waals surface area (Å²) in [5.74, 6) is 7.96. The Morgan fingerprint density at radius 1 is 1.27 bits per heavy atom. The zero-order valence-electron chi connectivity index (χ0n) is 18.3. The van der Waals surface area contributed by atoms with Gasteiger partial charge in [-0.05, 0) is 49.9 Å². The highest BCUT2D eigenvalue weighted by molar-refractivity contribution is 5.64. The van der Waals surface area contributed by atoms with E-state index in [4.69, 9.17) is 20.8 Å². The molecule has 0 saturated heterocycles. The van der Waals surface area contributed by atoms with Crippen molar-refractivity contribution in [1.29, 1.82) is 0 Å². The van der Waals surface area contributed by atoms with Gasteiger partial charge in [0.2, 0.25) is 5.89 Å². The van der Waals surface area contributed by atoms with Crippen molar-refractivity contribution in [1.82, 2.24) is 20.1 Å². The fourth-order valence-electron chi connectivity index (χ4n) is 3.45. The third kappa shape index (κ3) is 5.41. The van der Waals surface area contributed by atoms with Gasteiger partial charge in [-0.3, -0.25) is 0 Å². The van der Waals surface area contributed by atoms with Crippen molar-refractivity contribution < 1.29 is 9.26 Å². The molecule has 0 spiro atoms. The number of nitrogens with one attached hydrogen (secondary N) is 1. The summed E-state index contributed by atoms with van der Waals surface area (Å²) in [6.45, 7) is 6.25. The van der Waals surface area contributed by atoms with Crippen LogP contribution in [0.15, 0.2) is 22.4 Å². The van der Waals surface area contributed by atoms with Gasteiger partial charge in [0.25, 0.3) is 5.95 Å². The minimum Gasteiger partial charge on any atom is -0.489 e. The molecule has 9 nitrogen and oxygen atoms in total. The van der Waals surface area contributed by atoms with Gasteiger partial charge in [0.05, 0.1) is 35.4 Å². The number of nitrogens with two attached hydrogens (primary N) is 2. The van der Waals surface area contributed by atoms with E-state index in [9.17, 15) is 0 Å². The summed E-state index contributed by atoms with van der Waals surface area (Å²) >= 11 is 0. The molecule has 9 heteroatoms. The third-order valence-electron chi connectivity index (χ3n) is 5.25. The van der Waals surface area contributed by atoms with Crippen LogP contribution < -0.4 is 21.6 Å². The molecule has 1 aliphatic rings. The summed E-state index contributed by atoms with van der Waals surface area (Å²) in [6, 6.07) is 3.81. The van der Waals surface area contributed by atoms with Crippen molar-refractivity contribution in [3.05, 3.63) is 35.1 Å². The summed E-state index contributed by atoms with van der Waals surface area (Å²) < 4.78 is 11.4. The molecule has 3 rings (SSSR count). The van der Waals surface area contributed by atoms with Crippen molar-refractivity contribution in [3.63, 3.8) is 0 Å². The number of ether oxygens (including phenoxy) is 1. The lowest BCUT2D eigenvalue weighted by molar-refractivity contribution is 0.153. The molecular weight excluding hydrogens is 382 g/mol. The smallest absolute Gasteiger partial charge is 0.263 e. The van der Waals surface area contributed by atoms with Crippen LogP contribution in [0.5, 0.6) is 5.75 Å². The van der Waals surface area contributed by atoms with Crippen LogP contribution in [0.2, 0.25) is 0 Å². The summed E-state index contributed by atoms with van der Waals surface area (Å²) in [5.41, 5.74) is 9.02. The first kappa shape index (κ1) is 21.9. The van der Waals surface area contributed by atoms with Gasteiger partial charge in [-0.15, -0.1) is 0 Å². The molecule has 0 unspecified atom stereocenters. The van der Waals surface area contributed by atoms with Crippen LogP contribution in [0.25, 0.3) is 5.70 Å². The number of anilines is 1. The fraction of sp³-hybridized carbons (Fsp3) is 0.571. The van der Waals surface area contributed by atoms with Crippen LogP contribution >= 0.6 is 0 Å². The highest BCUT2D eigenvalue weighted by Crippen LogP contribution is 2.26. The number of aromatic nitrogens is 3. The largest absolute Gasteiger partial charge is 0.489 e. The Labute approximate surface area is 177 Å². The lowest BCUT2D eigenvalue weighted by Gasteiger charge is -2.24. The summed E-state index contributed by atoms with van der Waals surface area (Å²) in [4.78, 5) is 8.97. The molecule has 30 heavy (non-hydrogen) atoms. The first-order chi connectivity index (χ1) is 14.3. The molecule has 2 heterocycles. The van der Waals surface area contributed by atoms with Gasteiger partial charge >= 0.3 is 0 Å². The minimum atomic E-state index is 0.159. The molecule has 0 amide bonds. The van der Waals surface area contributed by atoms with Crippen LogP contribution in [0.1, 0.15) is 69.1 Å². The van der Waals surface area contributed by atoms with E-state index in [2.05, 4.69) is 20.4 Å². The van der Waals surface area contributed by atoms with Gasteiger partial charge in [0, 0.05) is 13.0 Å². The Morgan fingerprint density at radius 3 is 2.60 bits per heavy atom. The van der Waals surface area contributed by atoms with Crippen molar-refractivity contribution in [2.45, 2.75) is 64.9 Å². The first-order valence-corrected chi connectivity index (χ1v) is 10.5. The first-order valence-electron chi connectivity index (χ1n) is 10.5. The zero-order chi connectivity index (χ0) is 21.7. The molecule has 2 aromatic rings. The van der Waals surface area contributed by atoms with E-state index in [1.165, 1.54) is 24.3 Å². The van der Waals surface area contributed by atoms with E-state index in [-0.39, 0.29) is 12.0 Å². The average molecular weight is 416 g/mol. The molecule has 2 aromatic heterocycles. The van der Waals surface area contributed by atoms with Crippen LogP contribution in [-0.2, 0) is 0 Å². The molecule has 0 aromatic carbocycles.